The molecule has 2 aromatic rings. The third kappa shape index (κ3) is 2.19. The van der Waals surface area contributed by atoms with Crippen molar-refractivity contribution >= 4 is 11.9 Å². The zero-order chi connectivity index (χ0) is 14.0. The summed E-state index contributed by atoms with van der Waals surface area (Å²) in [5, 5.41) is 0. The van der Waals surface area contributed by atoms with Crippen molar-refractivity contribution in [2.45, 2.75) is 0 Å². The van der Waals surface area contributed by atoms with E-state index in [2.05, 4.69) is 19.4 Å². The van der Waals surface area contributed by atoms with Gasteiger partial charge >= 0.3 is 11.9 Å². The Hall–Kier alpha value is -2.64. The summed E-state index contributed by atoms with van der Waals surface area (Å²) in [7, 11) is 4.08. The molecule has 0 saturated carbocycles. The van der Waals surface area contributed by atoms with E-state index in [0.29, 0.717) is 5.69 Å². The van der Waals surface area contributed by atoms with Gasteiger partial charge in [-0.1, -0.05) is 0 Å². The predicted molar refractivity (Wildman–Crippen MR) is 61.4 cm³/mol. The fourth-order valence-corrected chi connectivity index (χ4v) is 1.46. The number of hydrogen-bond acceptors (Lipinski definition) is 7. The number of carbonyl (C=O) groups is 2. The lowest BCUT2D eigenvalue weighted by atomic mass is 10.3. The maximum Gasteiger partial charge on any atom is 0.376 e. The minimum Gasteiger partial charge on any atom is -0.464 e. The molecule has 0 saturated heterocycles. The van der Waals surface area contributed by atoms with Crippen LogP contribution in [0, 0.1) is 0 Å². The quantitative estimate of drug-likeness (QED) is 0.751. The van der Waals surface area contributed by atoms with Crippen LogP contribution >= 0.6 is 0 Å². The molecule has 2 rings (SSSR count). The molecule has 0 bridgehead atoms. The van der Waals surface area contributed by atoms with E-state index in [0.717, 1.165) is 0 Å². The van der Waals surface area contributed by atoms with Crippen LogP contribution < -0.4 is 0 Å². The summed E-state index contributed by atoms with van der Waals surface area (Å²) >= 11 is 0. The number of aryl methyl sites for hydroxylation is 1. The van der Waals surface area contributed by atoms with E-state index in [9.17, 15) is 9.59 Å². The van der Waals surface area contributed by atoms with Crippen LogP contribution in [0.1, 0.15) is 21.0 Å². The number of aromatic nitrogens is 3. The lowest BCUT2D eigenvalue weighted by Crippen LogP contribution is -2.10. The summed E-state index contributed by atoms with van der Waals surface area (Å²) in [5.41, 5.74) is 0.283. The van der Waals surface area contributed by atoms with Crippen LogP contribution in [0.3, 0.4) is 0 Å². The second-order valence-corrected chi connectivity index (χ2v) is 3.57. The SMILES string of the molecule is COC(=O)c1nc(-c2cncn2C)oc1C(=O)OC. The molecule has 8 nitrogen and oxygen atoms in total. The molecule has 0 atom stereocenters. The summed E-state index contributed by atoms with van der Waals surface area (Å²) in [4.78, 5) is 30.9. The average Bonchev–Trinajstić information content (AvgIpc) is 3.02. The molecular weight excluding hydrogens is 254 g/mol. The lowest BCUT2D eigenvalue weighted by molar-refractivity contribution is 0.0527. The summed E-state index contributed by atoms with van der Waals surface area (Å²) in [6.45, 7) is 0. The van der Waals surface area contributed by atoms with E-state index < -0.39 is 11.9 Å². The smallest absolute Gasteiger partial charge is 0.376 e. The predicted octanol–water partition coefficient (Wildman–Crippen LogP) is 0.648. The Morgan fingerprint density at radius 2 is 1.95 bits per heavy atom. The summed E-state index contributed by atoms with van der Waals surface area (Å²) < 4.78 is 16.0. The molecule has 0 aliphatic carbocycles. The van der Waals surface area contributed by atoms with Crippen molar-refractivity contribution in [2.75, 3.05) is 14.2 Å². The largest absolute Gasteiger partial charge is 0.464 e. The second-order valence-electron chi connectivity index (χ2n) is 3.57. The van der Waals surface area contributed by atoms with Crippen LogP contribution in [0.15, 0.2) is 16.9 Å². The molecule has 0 aliphatic heterocycles. The molecule has 2 heterocycles. The highest BCUT2D eigenvalue weighted by molar-refractivity contribution is 6.00. The Morgan fingerprint density at radius 1 is 1.26 bits per heavy atom. The van der Waals surface area contributed by atoms with E-state index >= 15 is 0 Å². The van der Waals surface area contributed by atoms with Gasteiger partial charge in [-0.3, -0.25) is 0 Å². The molecule has 0 spiro atoms. The van der Waals surface area contributed by atoms with E-state index in [1.807, 2.05) is 0 Å². The molecular formula is C11H11N3O5. The lowest BCUT2D eigenvalue weighted by Gasteiger charge is -1.96. The minimum atomic E-state index is -0.804. The van der Waals surface area contributed by atoms with Crippen molar-refractivity contribution in [2.24, 2.45) is 7.05 Å². The molecule has 19 heavy (non-hydrogen) atoms. The number of rotatable bonds is 3. The van der Waals surface area contributed by atoms with Gasteiger partial charge in [0.05, 0.1) is 26.7 Å². The molecule has 100 valence electrons. The minimum absolute atomic E-state index is 0.0841. The first-order chi connectivity index (χ1) is 9.08. The van der Waals surface area contributed by atoms with E-state index in [1.165, 1.54) is 26.7 Å². The normalized spacial score (nSPS) is 10.3. The first kappa shape index (κ1) is 12.8. The Bertz CT molecular complexity index is 595. The highest BCUT2D eigenvalue weighted by Gasteiger charge is 2.28. The number of esters is 2. The van der Waals surface area contributed by atoms with Gasteiger partial charge in [-0.15, -0.1) is 0 Å². The molecule has 0 fully saturated rings. The van der Waals surface area contributed by atoms with Gasteiger partial charge in [-0.25, -0.2) is 14.6 Å². The average molecular weight is 265 g/mol. The van der Waals surface area contributed by atoms with Crippen LogP contribution in [-0.4, -0.2) is 40.7 Å². The Kier molecular flexibility index (Phi) is 3.32. The maximum absolute atomic E-state index is 11.5. The molecule has 0 unspecified atom stereocenters. The summed E-state index contributed by atoms with van der Waals surface area (Å²) in [6, 6.07) is 0. The van der Waals surface area contributed by atoms with E-state index in [1.54, 1.807) is 11.6 Å². The monoisotopic (exact) mass is 265 g/mol. The van der Waals surface area contributed by atoms with E-state index in [4.69, 9.17) is 4.42 Å². The Balaban J connectivity index is 2.55. The van der Waals surface area contributed by atoms with Gasteiger partial charge in [0.25, 0.3) is 0 Å². The highest BCUT2D eigenvalue weighted by Crippen LogP contribution is 2.22. The first-order valence-electron chi connectivity index (χ1n) is 5.22. The fraction of sp³-hybridized carbons (Fsp3) is 0.273. The topological polar surface area (TPSA) is 96.5 Å². The van der Waals surface area contributed by atoms with Gasteiger partial charge in [-0.05, 0) is 0 Å². The third-order valence-electron chi connectivity index (χ3n) is 2.41. The van der Waals surface area contributed by atoms with Gasteiger partial charge < -0.3 is 18.5 Å². The number of imidazole rings is 1. The molecule has 0 radical (unpaired) electrons. The number of methoxy groups -OCH3 is 2. The van der Waals surface area contributed by atoms with Gasteiger partial charge in [0.1, 0.15) is 5.69 Å². The van der Waals surface area contributed by atoms with Crippen molar-refractivity contribution in [3.63, 3.8) is 0 Å². The van der Waals surface area contributed by atoms with Crippen molar-refractivity contribution in [1.29, 1.82) is 0 Å². The van der Waals surface area contributed by atoms with E-state index in [-0.39, 0.29) is 17.3 Å². The van der Waals surface area contributed by atoms with Crippen LogP contribution in [-0.2, 0) is 16.5 Å². The maximum atomic E-state index is 11.5. The van der Waals surface area contributed by atoms with Crippen molar-refractivity contribution < 1.29 is 23.5 Å². The Labute approximate surface area is 108 Å². The number of oxazole rings is 1. The van der Waals surface area contributed by atoms with Gasteiger partial charge in [0.15, 0.2) is 0 Å². The highest BCUT2D eigenvalue weighted by atomic mass is 16.5. The van der Waals surface area contributed by atoms with Crippen molar-refractivity contribution in [1.82, 2.24) is 14.5 Å². The first-order valence-corrected chi connectivity index (χ1v) is 5.22. The van der Waals surface area contributed by atoms with Gasteiger partial charge in [0, 0.05) is 7.05 Å². The van der Waals surface area contributed by atoms with Crippen molar-refractivity contribution in [3.8, 4) is 11.6 Å². The number of hydrogen-bond donors (Lipinski definition) is 0. The van der Waals surface area contributed by atoms with Crippen LogP contribution in [0.2, 0.25) is 0 Å². The summed E-state index contributed by atoms with van der Waals surface area (Å²) in [5.74, 6) is -1.80. The number of nitrogens with zero attached hydrogens (tertiary/aromatic N) is 3. The van der Waals surface area contributed by atoms with Crippen LogP contribution in [0.5, 0.6) is 0 Å². The molecule has 0 N–H and O–H groups in total. The fourth-order valence-electron chi connectivity index (χ4n) is 1.46. The Morgan fingerprint density at radius 3 is 2.47 bits per heavy atom. The summed E-state index contributed by atoms with van der Waals surface area (Å²) in [6.07, 6.45) is 3.03. The zero-order valence-corrected chi connectivity index (χ0v) is 10.5. The zero-order valence-electron chi connectivity index (χ0n) is 10.5. The molecule has 0 aromatic carbocycles. The van der Waals surface area contributed by atoms with Crippen LogP contribution in [0.4, 0.5) is 0 Å². The molecule has 8 heteroatoms. The van der Waals surface area contributed by atoms with Crippen LogP contribution in [0.25, 0.3) is 11.6 Å². The second kappa shape index (κ2) is 4.92. The third-order valence-corrected chi connectivity index (χ3v) is 2.41. The standard InChI is InChI=1S/C11H11N3O5/c1-14-5-12-4-6(14)9-13-7(10(15)17-2)8(19-9)11(16)18-3/h4-5H,1-3H3. The van der Waals surface area contributed by atoms with Gasteiger partial charge in [-0.2, -0.15) is 4.98 Å². The van der Waals surface area contributed by atoms with Gasteiger partial charge in [0.2, 0.25) is 17.3 Å². The number of carbonyl (C=O) groups excluding carboxylic acids is 2. The molecule has 2 aromatic heterocycles. The van der Waals surface area contributed by atoms with Crippen molar-refractivity contribution in [3.05, 3.63) is 24.0 Å². The molecule has 0 amide bonds. The number of ether oxygens (including phenoxy) is 2. The molecule has 0 aliphatic rings.